The molecule has 0 bridgehead atoms. The van der Waals surface area contributed by atoms with Crippen LogP contribution in [0, 0.1) is 0 Å². The molecule has 0 spiro atoms. The third kappa shape index (κ3) is 5.13. The highest BCUT2D eigenvalue weighted by Crippen LogP contribution is 2.17. The van der Waals surface area contributed by atoms with Crippen molar-refractivity contribution in [1.29, 1.82) is 0 Å². The molecule has 1 saturated heterocycles. The van der Waals surface area contributed by atoms with Crippen molar-refractivity contribution in [2.24, 2.45) is 0 Å². The summed E-state index contributed by atoms with van der Waals surface area (Å²) in [4.78, 5) is 48.7. The number of nitrogens with one attached hydrogen (secondary N) is 1. The molecule has 0 atom stereocenters. The Morgan fingerprint density at radius 3 is 2.44 bits per heavy atom. The Bertz CT molecular complexity index is 1370. The number of aryl methyl sites for hydroxylation is 1. The number of piperazine rings is 1. The summed E-state index contributed by atoms with van der Waals surface area (Å²) in [6.45, 7) is 6.88. The van der Waals surface area contributed by atoms with Gasteiger partial charge in [-0.15, -0.1) is 0 Å². The van der Waals surface area contributed by atoms with Crippen LogP contribution in [0.2, 0.25) is 0 Å². The van der Waals surface area contributed by atoms with Gasteiger partial charge in [0.2, 0.25) is 11.4 Å². The van der Waals surface area contributed by atoms with Gasteiger partial charge in [-0.2, -0.15) is 4.98 Å². The van der Waals surface area contributed by atoms with Crippen molar-refractivity contribution < 1.29 is 19.4 Å². The van der Waals surface area contributed by atoms with Crippen molar-refractivity contribution in [3.8, 4) is 0 Å². The lowest BCUT2D eigenvalue weighted by Crippen LogP contribution is -2.50. The van der Waals surface area contributed by atoms with Crippen molar-refractivity contribution in [2.45, 2.75) is 20.4 Å². The van der Waals surface area contributed by atoms with Gasteiger partial charge in [-0.25, -0.2) is 14.6 Å². The van der Waals surface area contributed by atoms with Crippen LogP contribution in [-0.4, -0.2) is 74.4 Å². The fourth-order valence-corrected chi connectivity index (χ4v) is 4.23. The molecule has 4 rings (SSSR count). The van der Waals surface area contributed by atoms with E-state index in [4.69, 9.17) is 17.0 Å². The number of ether oxygens (including phenoxy) is 1. The summed E-state index contributed by atoms with van der Waals surface area (Å²) >= 11 is 5.57. The van der Waals surface area contributed by atoms with Crippen molar-refractivity contribution >= 4 is 51.9 Å². The van der Waals surface area contributed by atoms with Gasteiger partial charge in [0.05, 0.1) is 17.6 Å². The molecular weight excluding hydrogens is 484 g/mol. The Morgan fingerprint density at radius 2 is 1.83 bits per heavy atom. The summed E-state index contributed by atoms with van der Waals surface area (Å²) in [6.07, 6.45) is 2.72. The lowest BCUT2D eigenvalue weighted by Gasteiger charge is -2.36. The number of nitrogens with zero attached hydrogens (tertiary/aromatic N) is 5. The van der Waals surface area contributed by atoms with E-state index in [0.29, 0.717) is 61.6 Å². The molecule has 1 aliphatic heterocycles. The molecule has 11 nitrogen and oxygen atoms in total. The van der Waals surface area contributed by atoms with Crippen LogP contribution in [0.4, 0.5) is 11.6 Å². The average molecular weight is 511 g/mol. The molecule has 0 amide bonds. The monoisotopic (exact) mass is 510 g/mol. The predicted molar refractivity (Wildman–Crippen MR) is 139 cm³/mol. The maximum atomic E-state index is 12.5. The number of thiocarbonyl (C=S) groups is 1. The van der Waals surface area contributed by atoms with E-state index in [9.17, 15) is 19.5 Å². The molecule has 2 N–H and O–H groups in total. The van der Waals surface area contributed by atoms with Crippen molar-refractivity contribution in [3.05, 3.63) is 58.0 Å². The highest BCUT2D eigenvalue weighted by atomic mass is 32.1. The van der Waals surface area contributed by atoms with Crippen LogP contribution in [0.5, 0.6) is 0 Å². The molecule has 0 unspecified atom stereocenters. The minimum absolute atomic E-state index is 0.179. The first-order valence-corrected chi connectivity index (χ1v) is 11.9. The Balaban J connectivity index is 1.42. The Kier molecular flexibility index (Phi) is 7.44. The summed E-state index contributed by atoms with van der Waals surface area (Å²) in [6, 6.07) is 6.93. The Hall–Kier alpha value is -4.06. The quantitative estimate of drug-likeness (QED) is 0.374. The van der Waals surface area contributed by atoms with Crippen LogP contribution in [0.15, 0.2) is 41.5 Å². The number of hydrogen-bond acceptors (Lipinski definition) is 8. The number of carbonyl (C=O) groups excluding carboxylic acids is 1. The van der Waals surface area contributed by atoms with Gasteiger partial charge in [-0.3, -0.25) is 4.79 Å². The van der Waals surface area contributed by atoms with E-state index in [1.165, 1.54) is 12.4 Å². The smallest absolute Gasteiger partial charge is 0.341 e. The van der Waals surface area contributed by atoms with Crippen LogP contribution in [-0.2, 0) is 11.3 Å². The van der Waals surface area contributed by atoms with Crippen LogP contribution in [0.25, 0.3) is 11.0 Å². The largest absolute Gasteiger partial charge is 0.477 e. The van der Waals surface area contributed by atoms with Gasteiger partial charge in [0.15, 0.2) is 5.11 Å². The fourth-order valence-electron chi connectivity index (χ4n) is 3.93. The number of rotatable bonds is 6. The van der Waals surface area contributed by atoms with E-state index < -0.39 is 11.4 Å². The second-order valence-electron chi connectivity index (χ2n) is 8.07. The second-order valence-corrected chi connectivity index (χ2v) is 8.46. The first kappa shape index (κ1) is 25.0. The second kappa shape index (κ2) is 10.7. The minimum Gasteiger partial charge on any atom is -0.477 e. The van der Waals surface area contributed by atoms with Crippen LogP contribution in [0.1, 0.15) is 34.6 Å². The van der Waals surface area contributed by atoms with Gasteiger partial charge in [0, 0.05) is 50.8 Å². The van der Waals surface area contributed by atoms with Gasteiger partial charge in [-0.05, 0) is 50.3 Å². The zero-order chi connectivity index (χ0) is 25.8. The van der Waals surface area contributed by atoms with Gasteiger partial charge in [0.25, 0.3) is 0 Å². The minimum atomic E-state index is -1.27. The average Bonchev–Trinajstić information content (AvgIpc) is 2.89. The Morgan fingerprint density at radius 1 is 1.14 bits per heavy atom. The number of hydrogen-bond donors (Lipinski definition) is 2. The predicted octanol–water partition coefficient (Wildman–Crippen LogP) is 2.21. The Labute approximate surface area is 212 Å². The number of aromatic carboxylic acids is 1. The lowest BCUT2D eigenvalue weighted by molar-refractivity contribution is 0.0526. The van der Waals surface area contributed by atoms with Crippen LogP contribution < -0.4 is 15.6 Å². The van der Waals surface area contributed by atoms with Crippen molar-refractivity contribution in [3.63, 3.8) is 0 Å². The molecule has 2 aromatic heterocycles. The van der Waals surface area contributed by atoms with Crippen molar-refractivity contribution in [2.75, 3.05) is 43.0 Å². The normalized spacial score (nSPS) is 13.5. The van der Waals surface area contributed by atoms with E-state index >= 15 is 0 Å². The number of carboxylic acid groups (broad SMARTS) is 1. The first-order valence-electron chi connectivity index (χ1n) is 11.5. The maximum absolute atomic E-state index is 12.5. The van der Waals surface area contributed by atoms with E-state index in [0.717, 1.165) is 5.69 Å². The zero-order valence-electron chi connectivity index (χ0n) is 19.9. The lowest BCUT2D eigenvalue weighted by atomic mass is 10.2. The molecule has 1 aliphatic rings. The molecule has 188 valence electrons. The number of esters is 1. The summed E-state index contributed by atoms with van der Waals surface area (Å²) in [5.41, 5.74) is 0.760. The van der Waals surface area contributed by atoms with Crippen LogP contribution >= 0.6 is 12.2 Å². The van der Waals surface area contributed by atoms with E-state index in [1.807, 2.05) is 16.7 Å². The number of carboxylic acids is 1. The third-order valence-electron chi connectivity index (χ3n) is 5.87. The molecule has 3 aromatic rings. The SMILES string of the molecule is CCOC(=O)c1ccc(NC(=S)N2CCN(c3ncc4c(=O)c(C(=O)O)cn(CC)c4n3)CC2)cc1. The van der Waals surface area contributed by atoms with Crippen LogP contribution in [0.3, 0.4) is 0 Å². The highest BCUT2D eigenvalue weighted by molar-refractivity contribution is 7.80. The fraction of sp³-hybridized carbons (Fsp3) is 0.333. The van der Waals surface area contributed by atoms with Gasteiger partial charge < -0.3 is 29.5 Å². The first-order chi connectivity index (χ1) is 17.3. The summed E-state index contributed by atoms with van der Waals surface area (Å²) in [5, 5.41) is 13.3. The molecular formula is C24H26N6O5S. The topological polar surface area (TPSA) is 130 Å². The summed E-state index contributed by atoms with van der Waals surface area (Å²) in [5.74, 6) is -1.17. The van der Waals surface area contributed by atoms with Crippen molar-refractivity contribution in [1.82, 2.24) is 19.4 Å². The van der Waals surface area contributed by atoms with Gasteiger partial charge in [-0.1, -0.05) is 0 Å². The molecule has 12 heteroatoms. The molecule has 0 radical (unpaired) electrons. The number of anilines is 2. The molecule has 1 aromatic carbocycles. The molecule has 0 saturated carbocycles. The number of aromatic nitrogens is 3. The molecule has 0 aliphatic carbocycles. The molecule has 3 heterocycles. The molecule has 1 fully saturated rings. The standard InChI is InChI=1S/C24H26N6O5S/c1-3-28-14-18(21(32)33)19(31)17-13-25-23(27-20(17)28)29-9-11-30(12-10-29)24(36)26-16-7-5-15(6-8-16)22(34)35-4-2/h5-8,13-14H,3-4,9-12H2,1-2H3,(H,26,36)(H,32,33). The number of benzene rings is 1. The van der Waals surface area contributed by atoms with E-state index in [-0.39, 0.29) is 16.9 Å². The number of carbonyl (C=O) groups is 2. The van der Waals surface area contributed by atoms with Gasteiger partial charge >= 0.3 is 11.9 Å². The van der Waals surface area contributed by atoms with E-state index in [1.54, 1.807) is 35.8 Å². The van der Waals surface area contributed by atoms with Gasteiger partial charge in [0.1, 0.15) is 11.2 Å². The third-order valence-corrected chi connectivity index (χ3v) is 6.23. The van der Waals surface area contributed by atoms with E-state index in [2.05, 4.69) is 15.3 Å². The maximum Gasteiger partial charge on any atom is 0.341 e. The number of fused-ring (bicyclic) bond motifs is 1. The zero-order valence-corrected chi connectivity index (χ0v) is 20.7. The highest BCUT2D eigenvalue weighted by Gasteiger charge is 2.23. The summed E-state index contributed by atoms with van der Waals surface area (Å²) in [7, 11) is 0. The molecule has 36 heavy (non-hydrogen) atoms. The summed E-state index contributed by atoms with van der Waals surface area (Å²) < 4.78 is 6.65. The number of pyridine rings is 1.